The standard InChI is InChI=1S/C25H26F2N4O4/c26-16-2-3-18-21(32)13-23(35-22(18)12-16)25(34)29-17-6-9-31(10-7-17)14-15-1-4-20(19(27)11-15)30-24(33)5-8-28/h1-4,11-13,17H,5-10,14,28H2,(H,29,34)(H,30,33). The van der Waals surface area contributed by atoms with Gasteiger partial charge in [0.25, 0.3) is 5.91 Å². The minimum atomic E-state index is -0.559. The quantitative estimate of drug-likeness (QED) is 0.475. The van der Waals surface area contributed by atoms with E-state index in [9.17, 15) is 23.2 Å². The van der Waals surface area contributed by atoms with Gasteiger partial charge in [0.1, 0.15) is 17.2 Å². The number of halogens is 2. The van der Waals surface area contributed by atoms with Crippen LogP contribution in [0.2, 0.25) is 0 Å². The highest BCUT2D eigenvalue weighted by Crippen LogP contribution is 2.20. The maximum absolute atomic E-state index is 14.4. The minimum absolute atomic E-state index is 0.0228. The predicted octanol–water partition coefficient (Wildman–Crippen LogP) is 2.75. The molecule has 0 bridgehead atoms. The van der Waals surface area contributed by atoms with E-state index in [-0.39, 0.29) is 47.3 Å². The van der Waals surface area contributed by atoms with Gasteiger partial charge < -0.3 is 20.8 Å². The molecule has 0 atom stereocenters. The largest absolute Gasteiger partial charge is 0.451 e. The molecule has 1 aliphatic heterocycles. The molecule has 184 valence electrons. The van der Waals surface area contributed by atoms with Crippen LogP contribution in [0.3, 0.4) is 0 Å². The molecule has 0 saturated carbocycles. The van der Waals surface area contributed by atoms with Crippen molar-refractivity contribution in [3.8, 4) is 0 Å². The first-order valence-electron chi connectivity index (χ1n) is 11.4. The number of carbonyl (C=O) groups excluding carboxylic acids is 2. The summed E-state index contributed by atoms with van der Waals surface area (Å²) in [7, 11) is 0. The van der Waals surface area contributed by atoms with Gasteiger partial charge in [-0.1, -0.05) is 6.07 Å². The highest BCUT2D eigenvalue weighted by atomic mass is 19.1. The summed E-state index contributed by atoms with van der Waals surface area (Å²) in [5.41, 5.74) is 5.83. The summed E-state index contributed by atoms with van der Waals surface area (Å²) < 4.78 is 33.3. The van der Waals surface area contributed by atoms with E-state index in [2.05, 4.69) is 15.5 Å². The predicted molar refractivity (Wildman–Crippen MR) is 127 cm³/mol. The number of benzene rings is 2. The molecule has 10 heteroatoms. The Kier molecular flexibility index (Phi) is 7.52. The third-order valence-electron chi connectivity index (χ3n) is 5.92. The van der Waals surface area contributed by atoms with Crippen LogP contribution in [0.1, 0.15) is 35.4 Å². The fraction of sp³-hybridized carbons (Fsp3) is 0.320. The lowest BCUT2D eigenvalue weighted by Crippen LogP contribution is -2.44. The Hall–Kier alpha value is -3.63. The number of hydrogen-bond donors (Lipinski definition) is 3. The van der Waals surface area contributed by atoms with E-state index in [1.54, 1.807) is 6.07 Å². The lowest BCUT2D eigenvalue weighted by atomic mass is 10.0. The van der Waals surface area contributed by atoms with Crippen molar-refractivity contribution in [3.05, 3.63) is 75.6 Å². The summed E-state index contributed by atoms with van der Waals surface area (Å²) in [6.45, 7) is 2.07. The topological polar surface area (TPSA) is 118 Å². The van der Waals surface area contributed by atoms with Crippen molar-refractivity contribution in [1.29, 1.82) is 0 Å². The van der Waals surface area contributed by atoms with Crippen molar-refractivity contribution in [2.24, 2.45) is 5.73 Å². The maximum Gasteiger partial charge on any atom is 0.287 e. The first-order chi connectivity index (χ1) is 16.8. The van der Waals surface area contributed by atoms with E-state index < -0.39 is 23.0 Å². The summed E-state index contributed by atoms with van der Waals surface area (Å²) in [6, 6.07) is 9.26. The monoisotopic (exact) mass is 484 g/mol. The normalized spacial score (nSPS) is 14.7. The van der Waals surface area contributed by atoms with Crippen molar-refractivity contribution in [3.63, 3.8) is 0 Å². The van der Waals surface area contributed by atoms with Crippen LogP contribution in [0.5, 0.6) is 0 Å². The number of fused-ring (bicyclic) bond motifs is 1. The molecule has 1 saturated heterocycles. The van der Waals surface area contributed by atoms with Crippen LogP contribution in [0, 0.1) is 11.6 Å². The van der Waals surface area contributed by atoms with Crippen molar-refractivity contribution >= 4 is 28.5 Å². The first kappa shape index (κ1) is 24.5. The molecule has 3 aromatic rings. The highest BCUT2D eigenvalue weighted by Gasteiger charge is 2.23. The highest BCUT2D eigenvalue weighted by molar-refractivity contribution is 5.93. The fourth-order valence-corrected chi connectivity index (χ4v) is 4.09. The first-order valence-corrected chi connectivity index (χ1v) is 11.4. The molecule has 0 spiro atoms. The third kappa shape index (κ3) is 6.09. The number of rotatable bonds is 7. The summed E-state index contributed by atoms with van der Waals surface area (Å²) in [5.74, 6) is -2.09. The Morgan fingerprint density at radius 1 is 1.09 bits per heavy atom. The lowest BCUT2D eigenvalue weighted by molar-refractivity contribution is -0.116. The molecule has 0 radical (unpaired) electrons. The number of nitrogens with one attached hydrogen (secondary N) is 2. The van der Waals surface area contributed by atoms with Crippen LogP contribution < -0.4 is 21.8 Å². The Balaban J connectivity index is 1.31. The number of hydrogen-bond acceptors (Lipinski definition) is 6. The molecule has 2 aromatic carbocycles. The van der Waals surface area contributed by atoms with Crippen LogP contribution in [-0.2, 0) is 11.3 Å². The second-order valence-corrected chi connectivity index (χ2v) is 8.54. The number of anilines is 1. The average Bonchev–Trinajstić information content (AvgIpc) is 2.82. The minimum Gasteiger partial charge on any atom is -0.451 e. The molecule has 0 unspecified atom stereocenters. The van der Waals surface area contributed by atoms with E-state index in [4.69, 9.17) is 10.2 Å². The molecular formula is C25H26F2N4O4. The average molecular weight is 485 g/mol. The molecule has 1 aliphatic rings. The number of amides is 2. The van der Waals surface area contributed by atoms with Crippen molar-refractivity contribution in [1.82, 2.24) is 10.2 Å². The van der Waals surface area contributed by atoms with Gasteiger partial charge in [0.2, 0.25) is 5.91 Å². The Bertz CT molecular complexity index is 1300. The van der Waals surface area contributed by atoms with E-state index in [1.807, 2.05) is 0 Å². The molecule has 2 heterocycles. The number of likely N-dealkylation sites (tertiary alicyclic amines) is 1. The van der Waals surface area contributed by atoms with Crippen molar-refractivity contribution in [2.45, 2.75) is 31.8 Å². The molecule has 8 nitrogen and oxygen atoms in total. The molecule has 35 heavy (non-hydrogen) atoms. The summed E-state index contributed by atoms with van der Waals surface area (Å²) >= 11 is 0. The lowest BCUT2D eigenvalue weighted by Gasteiger charge is -2.32. The molecule has 4 rings (SSSR count). The molecule has 0 aliphatic carbocycles. The van der Waals surface area contributed by atoms with Gasteiger partial charge >= 0.3 is 0 Å². The number of nitrogens with two attached hydrogens (primary N) is 1. The Morgan fingerprint density at radius 2 is 1.86 bits per heavy atom. The second-order valence-electron chi connectivity index (χ2n) is 8.54. The zero-order chi connectivity index (χ0) is 24.9. The van der Waals surface area contributed by atoms with Gasteiger partial charge in [0.15, 0.2) is 11.2 Å². The molecular weight excluding hydrogens is 458 g/mol. The van der Waals surface area contributed by atoms with Crippen molar-refractivity contribution in [2.75, 3.05) is 25.0 Å². The fourth-order valence-electron chi connectivity index (χ4n) is 4.09. The zero-order valence-electron chi connectivity index (χ0n) is 19.0. The van der Waals surface area contributed by atoms with Gasteiger partial charge in [-0.25, -0.2) is 8.78 Å². The van der Waals surface area contributed by atoms with E-state index in [0.29, 0.717) is 32.5 Å². The van der Waals surface area contributed by atoms with Crippen LogP contribution in [0.15, 0.2) is 51.7 Å². The number of carbonyl (C=O) groups is 2. The summed E-state index contributed by atoms with van der Waals surface area (Å²) in [4.78, 5) is 38.6. The van der Waals surface area contributed by atoms with E-state index in [1.165, 1.54) is 18.2 Å². The third-order valence-corrected chi connectivity index (χ3v) is 5.92. The maximum atomic E-state index is 14.4. The zero-order valence-corrected chi connectivity index (χ0v) is 19.0. The van der Waals surface area contributed by atoms with Gasteiger partial charge in [0, 0.05) is 50.8 Å². The molecule has 1 fully saturated rings. The van der Waals surface area contributed by atoms with Crippen LogP contribution >= 0.6 is 0 Å². The molecule has 2 amide bonds. The van der Waals surface area contributed by atoms with Gasteiger partial charge in [-0.05, 0) is 42.7 Å². The SMILES string of the molecule is NCCC(=O)Nc1ccc(CN2CCC(NC(=O)c3cc(=O)c4ccc(F)cc4o3)CC2)cc1F. The van der Waals surface area contributed by atoms with Crippen molar-refractivity contribution < 1.29 is 22.8 Å². The Morgan fingerprint density at radius 3 is 2.57 bits per heavy atom. The number of nitrogens with zero attached hydrogens (tertiary/aromatic N) is 1. The van der Waals surface area contributed by atoms with Gasteiger partial charge in [-0.15, -0.1) is 0 Å². The Labute approximate surface area is 200 Å². The van der Waals surface area contributed by atoms with Gasteiger partial charge in [-0.3, -0.25) is 19.3 Å². The second kappa shape index (κ2) is 10.7. The summed E-state index contributed by atoms with van der Waals surface area (Å²) in [5, 5.41) is 5.58. The molecule has 4 N–H and O–H groups in total. The van der Waals surface area contributed by atoms with Gasteiger partial charge in [-0.2, -0.15) is 0 Å². The summed E-state index contributed by atoms with van der Waals surface area (Å²) in [6.07, 6.45) is 1.44. The number of piperidine rings is 1. The van der Waals surface area contributed by atoms with Gasteiger partial charge in [0.05, 0.1) is 11.1 Å². The van der Waals surface area contributed by atoms with E-state index >= 15 is 0 Å². The smallest absolute Gasteiger partial charge is 0.287 e. The van der Waals surface area contributed by atoms with Crippen LogP contribution in [-0.4, -0.2) is 42.4 Å². The van der Waals surface area contributed by atoms with E-state index in [0.717, 1.165) is 23.8 Å². The molecule has 1 aromatic heterocycles. The van der Waals surface area contributed by atoms with Crippen LogP contribution in [0.4, 0.5) is 14.5 Å². The van der Waals surface area contributed by atoms with Crippen LogP contribution in [0.25, 0.3) is 11.0 Å².